The minimum Gasteiger partial charge on any atom is -0.310 e. The van der Waals surface area contributed by atoms with E-state index in [-0.39, 0.29) is 6.71 Å². The number of hydrogen-bond donors (Lipinski definition) is 0. The van der Waals surface area contributed by atoms with Crippen LogP contribution >= 0.6 is 0 Å². The zero-order valence-corrected chi connectivity index (χ0v) is 28.1. The quantitative estimate of drug-likeness (QED) is 0.164. The van der Waals surface area contributed by atoms with E-state index >= 15 is 0 Å². The molecule has 5 aromatic carbocycles. The molecule has 0 radical (unpaired) electrons. The lowest BCUT2D eigenvalue weighted by atomic mass is 9.34. The monoisotopic (exact) mass is 608 g/mol. The van der Waals surface area contributed by atoms with Crippen LogP contribution in [-0.2, 0) is 0 Å². The molecule has 0 N–H and O–H groups in total. The fraction of sp³-hybridized carbons (Fsp3) is 0.318. The second kappa shape index (κ2) is 9.01. The van der Waals surface area contributed by atoms with Crippen LogP contribution < -0.4 is 16.4 Å². The summed E-state index contributed by atoms with van der Waals surface area (Å²) in [6.45, 7) is 9.28. The Morgan fingerprint density at radius 3 is 1.55 bits per heavy atom. The van der Waals surface area contributed by atoms with Crippen molar-refractivity contribution in [2.24, 2.45) is 5.41 Å². The minimum atomic E-state index is 0.211. The lowest BCUT2D eigenvalue weighted by Gasteiger charge is -2.39. The first-order valence-electron chi connectivity index (χ1n) is 18.2. The number of benzene rings is 5. The molecule has 4 aliphatic rings. The maximum Gasteiger partial charge on any atom is 0.252 e. The van der Waals surface area contributed by atoms with Gasteiger partial charge in [-0.2, -0.15) is 0 Å². The minimum absolute atomic E-state index is 0.211. The predicted molar refractivity (Wildman–Crippen MR) is 201 cm³/mol. The second-order valence-corrected chi connectivity index (χ2v) is 16.1. The van der Waals surface area contributed by atoms with Crippen molar-refractivity contribution < 1.29 is 0 Å². The molecule has 2 nitrogen and oxygen atoms in total. The molecule has 2 aromatic heterocycles. The van der Waals surface area contributed by atoms with Crippen molar-refractivity contribution >= 4 is 66.7 Å². The Morgan fingerprint density at radius 2 is 1.04 bits per heavy atom. The Balaban J connectivity index is 1.29. The van der Waals surface area contributed by atoms with Gasteiger partial charge in [0.25, 0.3) is 6.71 Å². The molecule has 0 atom stereocenters. The molecule has 1 spiro atoms. The van der Waals surface area contributed by atoms with Crippen molar-refractivity contribution in [2.45, 2.75) is 85.0 Å². The van der Waals surface area contributed by atoms with Crippen molar-refractivity contribution in [1.29, 1.82) is 0 Å². The largest absolute Gasteiger partial charge is 0.310 e. The van der Waals surface area contributed by atoms with Crippen LogP contribution in [0, 0.1) is 33.1 Å². The van der Waals surface area contributed by atoms with Crippen LogP contribution in [0.5, 0.6) is 0 Å². The Labute approximate surface area is 277 Å². The summed E-state index contributed by atoms with van der Waals surface area (Å²) in [6, 6.07) is 29.5. The summed E-state index contributed by atoms with van der Waals surface area (Å²) < 4.78 is 5.35. The average molecular weight is 609 g/mol. The molecule has 2 aliphatic carbocycles. The van der Waals surface area contributed by atoms with Crippen molar-refractivity contribution in [1.82, 2.24) is 9.13 Å². The van der Waals surface area contributed by atoms with Crippen LogP contribution in [-0.4, -0.2) is 15.8 Å². The SMILES string of the molecule is Cc1ccc2c(c1)c1cc(C)cc3c1n2-c1cc(C2CCC4(CCCC4)CC2)cc2c1B3c1cc(C)cc3c4cc(C)ccc4n-2c13. The van der Waals surface area contributed by atoms with Crippen LogP contribution in [0.2, 0.25) is 0 Å². The van der Waals surface area contributed by atoms with E-state index < -0.39 is 0 Å². The number of hydrogen-bond acceptors (Lipinski definition) is 0. The van der Waals surface area contributed by atoms with Gasteiger partial charge >= 0.3 is 0 Å². The molecule has 11 rings (SSSR count). The fourth-order valence-corrected chi connectivity index (χ4v) is 11.0. The third kappa shape index (κ3) is 3.43. The van der Waals surface area contributed by atoms with Gasteiger partial charge in [-0.15, -0.1) is 0 Å². The topological polar surface area (TPSA) is 9.86 Å². The molecule has 230 valence electrons. The Bertz CT molecular complexity index is 2370. The summed E-state index contributed by atoms with van der Waals surface area (Å²) in [5.74, 6) is 0.624. The van der Waals surface area contributed by atoms with Gasteiger partial charge in [0.05, 0.1) is 11.0 Å². The molecular formula is C44H41BN2. The molecule has 2 saturated carbocycles. The number of nitrogens with zero attached hydrogens (tertiary/aromatic N) is 2. The van der Waals surface area contributed by atoms with Gasteiger partial charge in [-0.25, -0.2) is 0 Å². The van der Waals surface area contributed by atoms with Gasteiger partial charge in [0.1, 0.15) is 0 Å². The van der Waals surface area contributed by atoms with Crippen LogP contribution in [0.4, 0.5) is 0 Å². The zero-order chi connectivity index (χ0) is 31.3. The summed E-state index contributed by atoms with van der Waals surface area (Å²) in [5, 5.41) is 5.59. The Morgan fingerprint density at radius 1 is 0.553 bits per heavy atom. The van der Waals surface area contributed by atoms with Crippen molar-refractivity contribution in [3.8, 4) is 11.4 Å². The van der Waals surface area contributed by atoms with Crippen molar-refractivity contribution in [3.05, 3.63) is 101 Å². The molecular weight excluding hydrogens is 567 g/mol. The first-order valence-corrected chi connectivity index (χ1v) is 18.2. The maximum atomic E-state index is 2.67. The van der Waals surface area contributed by atoms with E-state index in [4.69, 9.17) is 0 Å². The molecule has 0 amide bonds. The van der Waals surface area contributed by atoms with Crippen molar-refractivity contribution in [2.75, 3.05) is 0 Å². The zero-order valence-electron chi connectivity index (χ0n) is 28.1. The number of fused-ring (bicyclic) bond motifs is 10. The standard InChI is InChI=1S/C44H41BN2/c1-25-7-9-37-31(17-25)33-19-27(3)21-35-42(33)46(37)39-23-30(29-11-15-44(16-12-29)13-5-6-14-44)24-40-41(39)45(35)36-22-28(4)20-34-32-18-26(2)8-10-38(32)47(40)43(34)36/h7-10,17-24,29H,5-6,11-16H2,1-4H3. The molecule has 4 heterocycles. The van der Waals surface area contributed by atoms with E-state index in [1.165, 1.54) is 145 Å². The van der Waals surface area contributed by atoms with E-state index in [2.05, 4.69) is 110 Å². The summed E-state index contributed by atoms with van der Waals surface area (Å²) in [4.78, 5) is 0. The molecule has 0 unspecified atom stereocenters. The van der Waals surface area contributed by atoms with Crippen LogP contribution in [0.1, 0.15) is 85.1 Å². The van der Waals surface area contributed by atoms with Gasteiger partial charge in [0, 0.05) is 44.0 Å². The van der Waals surface area contributed by atoms with E-state index in [0.717, 1.165) is 0 Å². The first kappa shape index (κ1) is 26.8. The lowest BCUT2D eigenvalue weighted by Crippen LogP contribution is -2.59. The number of aryl methyl sites for hydroxylation is 4. The Kier molecular flexibility index (Phi) is 5.14. The van der Waals surface area contributed by atoms with Gasteiger partial charge in [-0.1, -0.05) is 59.4 Å². The lowest BCUT2D eigenvalue weighted by molar-refractivity contribution is 0.181. The summed E-state index contributed by atoms with van der Waals surface area (Å²) in [6.07, 6.45) is 11.3. The number of aromatic nitrogens is 2. The second-order valence-electron chi connectivity index (χ2n) is 16.1. The molecule has 2 aliphatic heterocycles. The number of rotatable bonds is 1. The molecule has 47 heavy (non-hydrogen) atoms. The summed E-state index contributed by atoms with van der Waals surface area (Å²) >= 11 is 0. The third-order valence-corrected chi connectivity index (χ3v) is 13.1. The van der Waals surface area contributed by atoms with Crippen molar-refractivity contribution in [3.63, 3.8) is 0 Å². The summed E-state index contributed by atoms with van der Waals surface area (Å²) in [5.41, 5.74) is 20.3. The van der Waals surface area contributed by atoms with Gasteiger partial charge in [0.15, 0.2) is 0 Å². The summed E-state index contributed by atoms with van der Waals surface area (Å²) in [7, 11) is 0. The van der Waals surface area contributed by atoms with Gasteiger partial charge in [-0.05, 0) is 148 Å². The maximum absolute atomic E-state index is 2.67. The highest BCUT2D eigenvalue weighted by molar-refractivity contribution is 7.00. The highest BCUT2D eigenvalue weighted by Gasteiger charge is 2.43. The highest BCUT2D eigenvalue weighted by Crippen LogP contribution is 2.53. The smallest absolute Gasteiger partial charge is 0.252 e. The predicted octanol–water partition coefficient (Wildman–Crippen LogP) is 9.48. The van der Waals surface area contributed by atoms with Gasteiger partial charge < -0.3 is 9.13 Å². The molecule has 0 bridgehead atoms. The fourth-order valence-electron chi connectivity index (χ4n) is 11.0. The van der Waals surface area contributed by atoms with E-state index in [0.29, 0.717) is 11.3 Å². The van der Waals surface area contributed by atoms with Crippen LogP contribution in [0.15, 0.2) is 72.8 Å². The van der Waals surface area contributed by atoms with Crippen LogP contribution in [0.3, 0.4) is 0 Å². The molecule has 0 saturated heterocycles. The van der Waals surface area contributed by atoms with E-state index in [1.807, 2.05) is 0 Å². The van der Waals surface area contributed by atoms with Crippen LogP contribution in [0.25, 0.3) is 55.0 Å². The highest BCUT2D eigenvalue weighted by atomic mass is 15.0. The normalized spacial score (nSPS) is 18.0. The van der Waals surface area contributed by atoms with E-state index in [1.54, 1.807) is 5.56 Å². The molecule has 2 fully saturated rings. The van der Waals surface area contributed by atoms with Gasteiger partial charge in [0.2, 0.25) is 0 Å². The van der Waals surface area contributed by atoms with E-state index in [9.17, 15) is 0 Å². The molecule has 7 aromatic rings. The third-order valence-electron chi connectivity index (χ3n) is 13.1. The molecule has 3 heteroatoms. The van der Waals surface area contributed by atoms with Gasteiger partial charge in [-0.3, -0.25) is 0 Å². The Hall–Kier alpha value is -4.24. The average Bonchev–Trinajstić information content (AvgIpc) is 3.74. The first-order chi connectivity index (χ1) is 22.9.